The van der Waals surface area contributed by atoms with Crippen LogP contribution in [0.4, 0.5) is 0 Å². The molecule has 0 spiro atoms. The maximum atomic E-state index is 5.35. The van der Waals surface area contributed by atoms with Crippen molar-refractivity contribution in [2.45, 2.75) is 13.1 Å². The largest absolute Gasteiger partial charge is 0.419 e. The van der Waals surface area contributed by atoms with Crippen molar-refractivity contribution in [2.75, 3.05) is 27.4 Å². The van der Waals surface area contributed by atoms with Gasteiger partial charge in [0.1, 0.15) is 0 Å². The lowest BCUT2D eigenvalue weighted by molar-refractivity contribution is 0.365. The summed E-state index contributed by atoms with van der Waals surface area (Å²) in [5.74, 6) is 0. The first-order valence-corrected chi connectivity index (χ1v) is 6.29. The lowest BCUT2D eigenvalue weighted by Gasteiger charge is -2.23. The molecule has 0 fully saturated rings. The van der Waals surface area contributed by atoms with Gasteiger partial charge >= 0.3 is 0 Å². The highest BCUT2D eigenvalue weighted by molar-refractivity contribution is 6.71. The van der Waals surface area contributed by atoms with E-state index in [1.807, 2.05) is 0 Å². The Kier molecular flexibility index (Phi) is 3.39. The summed E-state index contributed by atoms with van der Waals surface area (Å²) in [6.45, 7) is 4.43. The van der Waals surface area contributed by atoms with E-state index in [4.69, 9.17) is 4.43 Å². The average molecular weight is 147 g/mol. The summed E-state index contributed by atoms with van der Waals surface area (Å²) in [6.07, 6.45) is 1.10. The Morgan fingerprint density at radius 2 is 1.78 bits per heavy atom. The highest BCUT2D eigenvalue weighted by Crippen LogP contribution is 2.01. The maximum Gasteiger partial charge on any atom is 0.199 e. The van der Waals surface area contributed by atoms with Gasteiger partial charge in [-0.3, -0.25) is 0 Å². The Bertz CT molecular complexity index is 83.1. The summed E-state index contributed by atoms with van der Waals surface area (Å²) in [4.78, 5) is 2.18. The minimum Gasteiger partial charge on any atom is -0.419 e. The number of rotatable bonds is 3. The van der Waals surface area contributed by atoms with Crippen LogP contribution in [0.1, 0.15) is 0 Å². The molecule has 0 saturated carbocycles. The number of hydrogen-bond donors (Lipinski definition) is 0. The Morgan fingerprint density at radius 1 is 1.33 bits per heavy atom. The van der Waals surface area contributed by atoms with Gasteiger partial charge in [0.2, 0.25) is 0 Å². The lowest BCUT2D eigenvalue weighted by atomic mass is 11.0. The van der Waals surface area contributed by atoms with Gasteiger partial charge in [-0.1, -0.05) is 0 Å². The highest BCUT2D eigenvalue weighted by atomic mass is 28.4. The summed E-state index contributed by atoms with van der Waals surface area (Å²) in [7, 11) is 4.64. The van der Waals surface area contributed by atoms with Crippen LogP contribution in [-0.4, -0.2) is 40.6 Å². The van der Waals surface area contributed by atoms with E-state index in [1.165, 1.54) is 0 Å². The standard InChI is InChI=1S/C6H17NOSi/c1-7(2)6-9(4,5)8-3/h6H2,1-5H3. The molecular formula is C6H17NOSi. The van der Waals surface area contributed by atoms with Crippen LogP contribution in [0, 0.1) is 0 Å². The third-order valence-electron chi connectivity index (χ3n) is 1.25. The predicted molar refractivity (Wildman–Crippen MR) is 43.0 cm³/mol. The summed E-state index contributed by atoms with van der Waals surface area (Å²) in [6, 6.07) is 0. The van der Waals surface area contributed by atoms with Crippen LogP contribution >= 0.6 is 0 Å². The zero-order chi connectivity index (χ0) is 7.49. The van der Waals surface area contributed by atoms with Gasteiger partial charge < -0.3 is 9.33 Å². The molecule has 0 bridgehead atoms. The summed E-state index contributed by atoms with van der Waals surface area (Å²) in [5, 5.41) is 0. The van der Waals surface area contributed by atoms with Crippen LogP contribution in [0.15, 0.2) is 0 Å². The molecule has 0 aliphatic rings. The second-order valence-corrected chi connectivity index (χ2v) is 7.45. The molecule has 56 valence electrons. The van der Waals surface area contributed by atoms with Crippen LogP contribution in [-0.2, 0) is 4.43 Å². The maximum absolute atomic E-state index is 5.35. The van der Waals surface area contributed by atoms with E-state index in [2.05, 4.69) is 32.1 Å². The van der Waals surface area contributed by atoms with Crippen molar-refractivity contribution in [3.05, 3.63) is 0 Å². The van der Waals surface area contributed by atoms with Gasteiger partial charge in [-0.25, -0.2) is 0 Å². The summed E-state index contributed by atoms with van der Waals surface area (Å²) < 4.78 is 5.35. The molecule has 0 amide bonds. The van der Waals surface area contributed by atoms with E-state index in [0.29, 0.717) is 0 Å². The number of nitrogens with zero attached hydrogens (tertiary/aromatic N) is 1. The SMILES string of the molecule is CO[Si](C)(C)CN(C)C. The summed E-state index contributed by atoms with van der Waals surface area (Å²) >= 11 is 0. The zero-order valence-corrected chi connectivity index (χ0v) is 8.06. The van der Waals surface area contributed by atoms with Gasteiger partial charge in [0, 0.05) is 13.3 Å². The third kappa shape index (κ3) is 4.63. The normalized spacial score (nSPS) is 12.7. The first-order chi connectivity index (χ1) is 3.98. The molecule has 0 N–H and O–H groups in total. The van der Waals surface area contributed by atoms with E-state index in [9.17, 15) is 0 Å². The van der Waals surface area contributed by atoms with E-state index in [0.717, 1.165) is 6.17 Å². The number of hydrogen-bond acceptors (Lipinski definition) is 2. The highest BCUT2D eigenvalue weighted by Gasteiger charge is 2.20. The molecule has 0 aliphatic heterocycles. The first kappa shape index (κ1) is 9.14. The molecule has 0 aliphatic carbocycles. The van der Waals surface area contributed by atoms with Gasteiger partial charge in [0.25, 0.3) is 0 Å². The molecule has 0 aromatic heterocycles. The van der Waals surface area contributed by atoms with E-state index >= 15 is 0 Å². The Hall–Kier alpha value is 0.137. The molecule has 0 atom stereocenters. The smallest absolute Gasteiger partial charge is 0.199 e. The van der Waals surface area contributed by atoms with Gasteiger partial charge in [-0.05, 0) is 27.2 Å². The van der Waals surface area contributed by atoms with Crippen LogP contribution in [0.5, 0.6) is 0 Å². The minimum absolute atomic E-state index is 1.10. The van der Waals surface area contributed by atoms with Crippen LogP contribution in [0.25, 0.3) is 0 Å². The lowest BCUT2D eigenvalue weighted by Crippen LogP contribution is -2.41. The zero-order valence-electron chi connectivity index (χ0n) is 7.06. The van der Waals surface area contributed by atoms with E-state index in [-0.39, 0.29) is 0 Å². The van der Waals surface area contributed by atoms with Crippen LogP contribution < -0.4 is 0 Å². The van der Waals surface area contributed by atoms with Crippen molar-refractivity contribution < 1.29 is 4.43 Å². The monoisotopic (exact) mass is 147 g/mol. The van der Waals surface area contributed by atoms with Gasteiger partial charge in [0.05, 0.1) is 0 Å². The predicted octanol–water partition coefficient (Wildman–Crippen LogP) is 0.939. The van der Waals surface area contributed by atoms with Crippen molar-refractivity contribution in [1.82, 2.24) is 4.90 Å². The van der Waals surface area contributed by atoms with Gasteiger partial charge in [-0.2, -0.15) is 0 Å². The van der Waals surface area contributed by atoms with E-state index in [1.54, 1.807) is 7.11 Å². The Morgan fingerprint density at radius 3 is 1.89 bits per heavy atom. The Balaban J connectivity index is 3.58. The van der Waals surface area contributed by atoms with Crippen molar-refractivity contribution in [3.63, 3.8) is 0 Å². The summed E-state index contributed by atoms with van der Waals surface area (Å²) in [5.41, 5.74) is 0. The fourth-order valence-corrected chi connectivity index (χ4v) is 2.48. The molecule has 2 nitrogen and oxygen atoms in total. The average Bonchev–Trinajstić information content (AvgIpc) is 1.63. The molecule has 3 heteroatoms. The van der Waals surface area contributed by atoms with Gasteiger partial charge in [0.15, 0.2) is 8.32 Å². The minimum atomic E-state index is -1.31. The third-order valence-corrected chi connectivity index (χ3v) is 3.75. The second-order valence-electron chi connectivity index (χ2n) is 3.20. The van der Waals surface area contributed by atoms with Crippen molar-refractivity contribution in [2.24, 2.45) is 0 Å². The molecule has 0 aromatic carbocycles. The van der Waals surface area contributed by atoms with Crippen molar-refractivity contribution in [1.29, 1.82) is 0 Å². The van der Waals surface area contributed by atoms with Crippen LogP contribution in [0.2, 0.25) is 13.1 Å². The first-order valence-electron chi connectivity index (χ1n) is 3.18. The molecule has 0 saturated heterocycles. The molecule has 0 heterocycles. The quantitative estimate of drug-likeness (QED) is 0.551. The molecule has 0 unspecified atom stereocenters. The Labute approximate surface area is 58.9 Å². The fraction of sp³-hybridized carbons (Fsp3) is 1.00. The molecule has 9 heavy (non-hydrogen) atoms. The van der Waals surface area contributed by atoms with Crippen molar-refractivity contribution >= 4 is 8.32 Å². The fourth-order valence-electron chi connectivity index (χ4n) is 0.826. The molecule has 0 radical (unpaired) electrons. The van der Waals surface area contributed by atoms with E-state index < -0.39 is 8.32 Å². The van der Waals surface area contributed by atoms with Crippen molar-refractivity contribution in [3.8, 4) is 0 Å². The molecule has 0 rings (SSSR count). The molecule has 0 aromatic rings. The van der Waals surface area contributed by atoms with Crippen LogP contribution in [0.3, 0.4) is 0 Å². The van der Waals surface area contributed by atoms with Gasteiger partial charge in [-0.15, -0.1) is 0 Å². The second kappa shape index (κ2) is 3.34. The molecular weight excluding hydrogens is 130 g/mol. The topological polar surface area (TPSA) is 12.5 Å².